The van der Waals surface area contributed by atoms with E-state index in [9.17, 15) is 14.0 Å². The molecule has 3 heterocycles. The number of ether oxygens (including phenoxy) is 1. The molecule has 4 rings (SSSR count). The number of hydrogen-bond acceptors (Lipinski definition) is 8. The molecule has 0 saturated carbocycles. The molecule has 3 aromatic rings. The maximum atomic E-state index is 13.2. The maximum absolute atomic E-state index is 13.2. The van der Waals surface area contributed by atoms with Gasteiger partial charge in [-0.3, -0.25) is 9.59 Å². The fourth-order valence-electron chi connectivity index (χ4n) is 3.63. The molecular formula is C24H26FN5O4S. The number of carboxylic acid groups (broad SMARTS) is 1. The number of anilines is 1. The SMILES string of the molecule is O=C(O)CCCn1cc(Cc2cnc(N3CCOCC3)nc2)c(=O)nc1SCc1ccc(F)cc1. The molecule has 35 heavy (non-hydrogen) atoms. The normalized spacial score (nSPS) is 13.7. The fraction of sp³-hybridized carbons (Fsp3) is 0.375. The Balaban J connectivity index is 1.50. The lowest BCUT2D eigenvalue weighted by Crippen LogP contribution is -2.37. The Labute approximate surface area is 206 Å². The van der Waals surface area contributed by atoms with Crippen LogP contribution in [0, 0.1) is 5.82 Å². The molecule has 1 fully saturated rings. The molecule has 1 aliphatic rings. The second-order valence-corrected chi connectivity index (χ2v) is 9.07. The third-order valence-electron chi connectivity index (χ3n) is 5.48. The van der Waals surface area contributed by atoms with E-state index in [1.807, 2.05) is 4.57 Å². The van der Waals surface area contributed by atoms with E-state index in [0.717, 1.165) is 24.2 Å². The fourth-order valence-corrected chi connectivity index (χ4v) is 4.58. The standard InChI is InChI=1S/C24H26FN5O4S/c25-20-5-3-17(4-6-20)16-35-24-28-22(33)19(15-30(24)7-1-2-21(31)32)12-18-13-26-23(27-14-18)29-8-10-34-11-9-29/h3-6,13-15H,1-2,7-12,16H2,(H,31,32). The highest BCUT2D eigenvalue weighted by Crippen LogP contribution is 2.22. The Bertz CT molecular complexity index is 1200. The molecule has 1 aliphatic heterocycles. The maximum Gasteiger partial charge on any atom is 0.303 e. The molecule has 0 unspecified atom stereocenters. The summed E-state index contributed by atoms with van der Waals surface area (Å²) in [6.45, 7) is 3.17. The predicted molar refractivity (Wildman–Crippen MR) is 129 cm³/mol. The summed E-state index contributed by atoms with van der Waals surface area (Å²) in [7, 11) is 0. The molecular weight excluding hydrogens is 473 g/mol. The van der Waals surface area contributed by atoms with Crippen LogP contribution in [0.15, 0.2) is 52.8 Å². The van der Waals surface area contributed by atoms with Gasteiger partial charge in [0, 0.05) is 62.4 Å². The number of halogens is 1. The lowest BCUT2D eigenvalue weighted by molar-refractivity contribution is -0.137. The average Bonchev–Trinajstić information content (AvgIpc) is 2.86. The number of aryl methyl sites for hydroxylation is 1. The highest BCUT2D eigenvalue weighted by Gasteiger charge is 2.15. The van der Waals surface area contributed by atoms with Gasteiger partial charge in [-0.25, -0.2) is 14.4 Å². The third kappa shape index (κ3) is 7.09. The number of thioether (sulfide) groups is 1. The Morgan fingerprint density at radius 3 is 2.51 bits per heavy atom. The average molecular weight is 500 g/mol. The van der Waals surface area contributed by atoms with Gasteiger partial charge in [0.25, 0.3) is 5.56 Å². The number of carbonyl (C=O) groups is 1. The van der Waals surface area contributed by atoms with E-state index in [-0.39, 0.29) is 17.8 Å². The second-order valence-electron chi connectivity index (χ2n) is 8.13. The molecule has 9 nitrogen and oxygen atoms in total. The first-order valence-electron chi connectivity index (χ1n) is 11.3. The van der Waals surface area contributed by atoms with Crippen molar-refractivity contribution in [2.45, 2.75) is 36.7 Å². The first kappa shape index (κ1) is 24.8. The van der Waals surface area contributed by atoms with Crippen molar-refractivity contribution in [3.63, 3.8) is 0 Å². The van der Waals surface area contributed by atoms with Crippen molar-refractivity contribution in [2.75, 3.05) is 31.2 Å². The second kappa shape index (κ2) is 11.9. The van der Waals surface area contributed by atoms with Crippen LogP contribution in [0.25, 0.3) is 0 Å². The van der Waals surface area contributed by atoms with Crippen LogP contribution >= 0.6 is 11.8 Å². The summed E-state index contributed by atoms with van der Waals surface area (Å²) in [4.78, 5) is 39.0. The topological polar surface area (TPSA) is 110 Å². The van der Waals surface area contributed by atoms with Crippen molar-refractivity contribution in [1.82, 2.24) is 19.5 Å². The van der Waals surface area contributed by atoms with Crippen molar-refractivity contribution in [1.29, 1.82) is 0 Å². The van der Waals surface area contributed by atoms with Gasteiger partial charge in [0.2, 0.25) is 5.95 Å². The number of nitrogens with zero attached hydrogens (tertiary/aromatic N) is 5. The number of hydrogen-bond donors (Lipinski definition) is 1. The van der Waals surface area contributed by atoms with Gasteiger partial charge in [0.1, 0.15) is 5.82 Å². The van der Waals surface area contributed by atoms with Crippen molar-refractivity contribution < 1.29 is 19.0 Å². The predicted octanol–water partition coefficient (Wildman–Crippen LogP) is 2.76. The summed E-state index contributed by atoms with van der Waals surface area (Å²) in [5.41, 5.74) is 1.81. The zero-order valence-electron chi connectivity index (χ0n) is 19.1. The molecule has 1 N–H and O–H groups in total. The number of rotatable bonds is 10. The number of carboxylic acids is 1. The molecule has 0 atom stereocenters. The quantitative estimate of drug-likeness (QED) is 0.332. The minimum atomic E-state index is -0.878. The van der Waals surface area contributed by atoms with Crippen LogP contribution in [-0.4, -0.2) is 56.9 Å². The third-order valence-corrected chi connectivity index (χ3v) is 6.54. The van der Waals surface area contributed by atoms with Gasteiger partial charge in [0.15, 0.2) is 5.16 Å². The van der Waals surface area contributed by atoms with Crippen LogP contribution in [0.3, 0.4) is 0 Å². The van der Waals surface area contributed by atoms with Crippen molar-refractivity contribution in [3.8, 4) is 0 Å². The van der Waals surface area contributed by atoms with Gasteiger partial charge in [0.05, 0.1) is 13.2 Å². The summed E-state index contributed by atoms with van der Waals surface area (Å²) in [6.07, 6.45) is 5.89. The summed E-state index contributed by atoms with van der Waals surface area (Å²) in [6, 6.07) is 6.14. The van der Waals surface area contributed by atoms with Crippen LogP contribution in [0.4, 0.5) is 10.3 Å². The van der Waals surface area contributed by atoms with Crippen LogP contribution in [0.1, 0.15) is 29.5 Å². The van der Waals surface area contributed by atoms with Gasteiger partial charge in [-0.2, -0.15) is 4.98 Å². The number of benzene rings is 1. The van der Waals surface area contributed by atoms with E-state index >= 15 is 0 Å². The van der Waals surface area contributed by atoms with Crippen molar-refractivity contribution in [3.05, 3.63) is 75.7 Å². The summed E-state index contributed by atoms with van der Waals surface area (Å²) in [5.74, 6) is -0.0539. The first-order valence-corrected chi connectivity index (χ1v) is 12.3. The molecule has 0 amide bonds. The minimum Gasteiger partial charge on any atom is -0.481 e. The Hall–Kier alpha value is -3.31. The molecule has 0 radical (unpaired) electrons. The van der Waals surface area contributed by atoms with Crippen molar-refractivity contribution in [2.24, 2.45) is 0 Å². The van der Waals surface area contributed by atoms with Crippen LogP contribution in [0.2, 0.25) is 0 Å². The minimum absolute atomic E-state index is 0.0143. The molecule has 0 aliphatic carbocycles. The van der Waals surface area contributed by atoms with E-state index in [2.05, 4.69) is 19.9 Å². The summed E-state index contributed by atoms with van der Waals surface area (Å²) in [5, 5.41) is 9.50. The number of aliphatic carboxylic acids is 1. The van der Waals surface area contributed by atoms with E-state index in [4.69, 9.17) is 9.84 Å². The highest BCUT2D eigenvalue weighted by molar-refractivity contribution is 7.98. The molecule has 0 bridgehead atoms. The largest absolute Gasteiger partial charge is 0.481 e. The van der Waals surface area contributed by atoms with E-state index in [0.29, 0.717) is 55.0 Å². The lowest BCUT2D eigenvalue weighted by atomic mass is 10.1. The van der Waals surface area contributed by atoms with Gasteiger partial charge >= 0.3 is 5.97 Å². The molecule has 1 saturated heterocycles. The Morgan fingerprint density at radius 2 is 1.83 bits per heavy atom. The lowest BCUT2D eigenvalue weighted by Gasteiger charge is -2.26. The van der Waals surface area contributed by atoms with Crippen LogP contribution in [-0.2, 0) is 28.2 Å². The summed E-state index contributed by atoms with van der Waals surface area (Å²) < 4.78 is 20.4. The van der Waals surface area contributed by atoms with Gasteiger partial charge < -0.3 is 19.3 Å². The molecule has 11 heteroatoms. The van der Waals surface area contributed by atoms with E-state index in [1.165, 1.54) is 23.9 Å². The monoisotopic (exact) mass is 499 g/mol. The molecule has 184 valence electrons. The molecule has 0 spiro atoms. The van der Waals surface area contributed by atoms with Gasteiger partial charge in [-0.1, -0.05) is 23.9 Å². The zero-order chi connectivity index (χ0) is 24.6. The van der Waals surface area contributed by atoms with Crippen LogP contribution < -0.4 is 10.5 Å². The summed E-state index contributed by atoms with van der Waals surface area (Å²) >= 11 is 1.35. The van der Waals surface area contributed by atoms with Crippen molar-refractivity contribution >= 4 is 23.7 Å². The first-order chi connectivity index (χ1) is 17.0. The highest BCUT2D eigenvalue weighted by atomic mass is 32.2. The molecule has 2 aromatic heterocycles. The van der Waals surface area contributed by atoms with Gasteiger partial charge in [-0.15, -0.1) is 0 Å². The Kier molecular flexibility index (Phi) is 8.43. The van der Waals surface area contributed by atoms with Crippen LogP contribution in [0.5, 0.6) is 0 Å². The molecule has 1 aromatic carbocycles. The van der Waals surface area contributed by atoms with E-state index < -0.39 is 5.97 Å². The number of aromatic nitrogens is 4. The van der Waals surface area contributed by atoms with Gasteiger partial charge in [-0.05, 0) is 29.7 Å². The number of morpholine rings is 1. The van der Waals surface area contributed by atoms with E-state index in [1.54, 1.807) is 30.7 Å². The smallest absolute Gasteiger partial charge is 0.303 e. The zero-order valence-corrected chi connectivity index (χ0v) is 19.9. The Morgan fingerprint density at radius 1 is 1.11 bits per heavy atom.